The highest BCUT2D eigenvalue weighted by Crippen LogP contribution is 2.27. The third-order valence-electron chi connectivity index (χ3n) is 2.50. The van der Waals surface area contributed by atoms with E-state index in [0.717, 1.165) is 18.2 Å². The number of benzene rings is 1. The molecule has 1 unspecified atom stereocenters. The van der Waals surface area contributed by atoms with Gasteiger partial charge in [0.05, 0.1) is 17.5 Å². The molecular formula is C11H13F2NOS. The Morgan fingerprint density at radius 2 is 2.06 bits per heavy atom. The summed E-state index contributed by atoms with van der Waals surface area (Å²) in [5, 5.41) is 3.06. The van der Waals surface area contributed by atoms with Crippen LogP contribution in [-0.4, -0.2) is 25.5 Å². The predicted octanol–water partition coefficient (Wildman–Crippen LogP) is 2.89. The molecule has 0 amide bonds. The minimum absolute atomic E-state index is 0.0632. The van der Waals surface area contributed by atoms with E-state index >= 15 is 0 Å². The fraction of sp³-hybridized carbons (Fsp3) is 0.455. The highest BCUT2D eigenvalue weighted by atomic mass is 32.2. The Balaban J connectivity index is 2.15. The van der Waals surface area contributed by atoms with Gasteiger partial charge in [-0.05, 0) is 24.8 Å². The van der Waals surface area contributed by atoms with Crippen LogP contribution in [0.4, 0.5) is 14.5 Å². The van der Waals surface area contributed by atoms with Crippen molar-refractivity contribution in [3.05, 3.63) is 23.8 Å². The molecule has 0 bridgehead atoms. The molecule has 1 aromatic carbocycles. The standard InChI is InChI=1S/C11H13F2NOS/c1-16-11-9(12)4-8(5-10(11)13)14-7-2-3-15-6-7/h4-5,7,14H,2-3,6H2,1H3. The molecule has 1 heterocycles. The van der Waals surface area contributed by atoms with Crippen molar-refractivity contribution in [1.29, 1.82) is 0 Å². The van der Waals surface area contributed by atoms with Crippen molar-refractivity contribution < 1.29 is 13.5 Å². The summed E-state index contributed by atoms with van der Waals surface area (Å²) in [4.78, 5) is 0.0632. The Labute approximate surface area is 97.4 Å². The molecule has 1 atom stereocenters. The molecule has 0 aliphatic carbocycles. The van der Waals surface area contributed by atoms with E-state index in [9.17, 15) is 8.78 Å². The second-order valence-corrected chi connectivity index (χ2v) is 4.49. The van der Waals surface area contributed by atoms with Crippen LogP contribution in [0.15, 0.2) is 17.0 Å². The van der Waals surface area contributed by atoms with Crippen LogP contribution in [0.2, 0.25) is 0 Å². The van der Waals surface area contributed by atoms with Crippen LogP contribution < -0.4 is 5.32 Å². The monoisotopic (exact) mass is 245 g/mol. The summed E-state index contributed by atoms with van der Waals surface area (Å²) in [6.45, 7) is 1.29. The number of halogens is 2. The van der Waals surface area contributed by atoms with Crippen molar-refractivity contribution in [3.8, 4) is 0 Å². The second kappa shape index (κ2) is 5.01. The van der Waals surface area contributed by atoms with Crippen LogP contribution in [0.25, 0.3) is 0 Å². The maximum absolute atomic E-state index is 13.5. The summed E-state index contributed by atoms with van der Waals surface area (Å²) in [5.41, 5.74) is 0.475. The highest BCUT2D eigenvalue weighted by molar-refractivity contribution is 7.98. The van der Waals surface area contributed by atoms with Crippen molar-refractivity contribution in [2.24, 2.45) is 0 Å². The first kappa shape index (κ1) is 11.7. The highest BCUT2D eigenvalue weighted by Gasteiger charge is 2.17. The van der Waals surface area contributed by atoms with E-state index in [0.29, 0.717) is 18.9 Å². The number of hydrogen-bond acceptors (Lipinski definition) is 3. The van der Waals surface area contributed by atoms with Gasteiger partial charge in [-0.25, -0.2) is 8.78 Å². The minimum Gasteiger partial charge on any atom is -0.380 e. The summed E-state index contributed by atoms with van der Waals surface area (Å²) >= 11 is 1.07. The Hall–Kier alpha value is -0.810. The lowest BCUT2D eigenvalue weighted by Crippen LogP contribution is -2.19. The van der Waals surface area contributed by atoms with Gasteiger partial charge in [0.25, 0.3) is 0 Å². The molecule has 0 aromatic heterocycles. The summed E-state index contributed by atoms with van der Waals surface area (Å²) in [6, 6.07) is 2.81. The van der Waals surface area contributed by atoms with E-state index in [1.807, 2.05) is 0 Å². The van der Waals surface area contributed by atoms with Gasteiger partial charge in [0.15, 0.2) is 0 Å². The molecule has 88 valence electrons. The van der Waals surface area contributed by atoms with Gasteiger partial charge in [-0.15, -0.1) is 11.8 Å². The predicted molar refractivity (Wildman–Crippen MR) is 61.0 cm³/mol. The minimum atomic E-state index is -0.520. The lowest BCUT2D eigenvalue weighted by Gasteiger charge is -2.13. The smallest absolute Gasteiger partial charge is 0.141 e. The molecule has 2 rings (SSSR count). The maximum Gasteiger partial charge on any atom is 0.141 e. The Morgan fingerprint density at radius 1 is 1.38 bits per heavy atom. The Bertz CT molecular complexity index is 357. The van der Waals surface area contributed by atoms with Crippen molar-refractivity contribution in [3.63, 3.8) is 0 Å². The third-order valence-corrected chi connectivity index (χ3v) is 3.30. The molecule has 0 saturated carbocycles. The first-order valence-electron chi connectivity index (χ1n) is 5.08. The van der Waals surface area contributed by atoms with Crippen LogP contribution in [0.3, 0.4) is 0 Å². The topological polar surface area (TPSA) is 21.3 Å². The average Bonchev–Trinajstić information content (AvgIpc) is 2.70. The first-order valence-corrected chi connectivity index (χ1v) is 6.30. The number of ether oxygens (including phenoxy) is 1. The zero-order valence-electron chi connectivity index (χ0n) is 8.93. The summed E-state index contributed by atoms with van der Waals surface area (Å²) in [5.74, 6) is -1.04. The molecule has 1 aromatic rings. The van der Waals surface area contributed by atoms with E-state index in [1.165, 1.54) is 12.1 Å². The number of hydrogen-bond donors (Lipinski definition) is 1. The van der Waals surface area contributed by atoms with Gasteiger partial charge in [0.2, 0.25) is 0 Å². The molecular weight excluding hydrogens is 232 g/mol. The molecule has 1 aliphatic rings. The summed E-state index contributed by atoms with van der Waals surface area (Å²) in [6.07, 6.45) is 2.52. The van der Waals surface area contributed by atoms with E-state index in [1.54, 1.807) is 6.26 Å². The Morgan fingerprint density at radius 3 is 2.56 bits per heavy atom. The van der Waals surface area contributed by atoms with Crippen molar-refractivity contribution in [1.82, 2.24) is 0 Å². The number of thioether (sulfide) groups is 1. The van der Waals surface area contributed by atoms with Crippen molar-refractivity contribution >= 4 is 17.4 Å². The van der Waals surface area contributed by atoms with Crippen LogP contribution in [0.5, 0.6) is 0 Å². The zero-order valence-corrected chi connectivity index (χ0v) is 9.74. The van der Waals surface area contributed by atoms with Crippen LogP contribution in [0.1, 0.15) is 6.42 Å². The second-order valence-electron chi connectivity index (χ2n) is 3.68. The number of rotatable bonds is 3. The molecule has 1 aliphatic heterocycles. The lowest BCUT2D eigenvalue weighted by molar-refractivity contribution is 0.195. The van der Waals surface area contributed by atoms with Gasteiger partial charge in [0.1, 0.15) is 11.6 Å². The number of nitrogens with one attached hydrogen (secondary N) is 1. The molecule has 16 heavy (non-hydrogen) atoms. The molecule has 0 radical (unpaired) electrons. The normalized spacial score (nSPS) is 20.1. The van der Waals surface area contributed by atoms with Crippen LogP contribution in [0, 0.1) is 11.6 Å². The number of anilines is 1. The van der Waals surface area contributed by atoms with Crippen molar-refractivity contribution in [2.75, 3.05) is 24.8 Å². The third kappa shape index (κ3) is 2.47. The molecule has 1 fully saturated rings. The van der Waals surface area contributed by atoms with Crippen LogP contribution >= 0.6 is 11.8 Å². The first-order chi connectivity index (χ1) is 7.70. The van der Waals surface area contributed by atoms with E-state index in [-0.39, 0.29) is 10.9 Å². The molecule has 0 spiro atoms. The maximum atomic E-state index is 13.5. The zero-order chi connectivity index (χ0) is 11.5. The molecule has 1 saturated heterocycles. The summed E-state index contributed by atoms with van der Waals surface area (Å²) in [7, 11) is 0. The van der Waals surface area contributed by atoms with Gasteiger partial charge in [-0.1, -0.05) is 0 Å². The lowest BCUT2D eigenvalue weighted by atomic mass is 10.2. The molecule has 5 heteroatoms. The van der Waals surface area contributed by atoms with E-state index in [4.69, 9.17) is 4.74 Å². The van der Waals surface area contributed by atoms with Crippen molar-refractivity contribution in [2.45, 2.75) is 17.4 Å². The Kier molecular flexibility index (Phi) is 3.66. The van der Waals surface area contributed by atoms with E-state index < -0.39 is 11.6 Å². The van der Waals surface area contributed by atoms with Gasteiger partial charge in [0, 0.05) is 12.3 Å². The van der Waals surface area contributed by atoms with Crippen LogP contribution in [-0.2, 0) is 4.74 Å². The SMILES string of the molecule is CSc1c(F)cc(NC2CCOC2)cc1F. The molecule has 2 nitrogen and oxygen atoms in total. The van der Waals surface area contributed by atoms with Gasteiger partial charge < -0.3 is 10.1 Å². The quantitative estimate of drug-likeness (QED) is 0.827. The largest absolute Gasteiger partial charge is 0.380 e. The fourth-order valence-corrected chi connectivity index (χ4v) is 2.23. The molecule has 1 N–H and O–H groups in total. The van der Waals surface area contributed by atoms with Gasteiger partial charge in [-0.2, -0.15) is 0 Å². The average molecular weight is 245 g/mol. The summed E-state index contributed by atoms with van der Waals surface area (Å²) < 4.78 is 32.1. The fourth-order valence-electron chi connectivity index (χ4n) is 1.72. The van der Waals surface area contributed by atoms with Gasteiger partial charge >= 0.3 is 0 Å². The van der Waals surface area contributed by atoms with E-state index in [2.05, 4.69) is 5.32 Å². The van der Waals surface area contributed by atoms with Gasteiger partial charge in [-0.3, -0.25) is 0 Å².